The van der Waals surface area contributed by atoms with Gasteiger partial charge < -0.3 is 10.2 Å². The third kappa shape index (κ3) is 2.68. The number of anilines is 1. The molecule has 2 aromatic rings. The SMILES string of the molecule is CNC1CCCc2sc(N(C)Cc3ccsc3)nc21. The molecule has 2 heterocycles. The monoisotopic (exact) mass is 293 g/mol. The van der Waals surface area contributed by atoms with Crippen LogP contribution in [0.15, 0.2) is 16.8 Å². The second-order valence-electron chi connectivity index (χ2n) is 5.03. The highest BCUT2D eigenvalue weighted by Crippen LogP contribution is 2.36. The molecular formula is C14H19N3S2. The Balaban J connectivity index is 1.80. The lowest BCUT2D eigenvalue weighted by atomic mass is 9.98. The number of thiophene rings is 1. The molecule has 0 bridgehead atoms. The molecule has 0 fully saturated rings. The van der Waals surface area contributed by atoms with E-state index >= 15 is 0 Å². The lowest BCUT2D eigenvalue weighted by Crippen LogP contribution is -2.21. The van der Waals surface area contributed by atoms with Gasteiger partial charge in [-0.05, 0) is 48.7 Å². The molecule has 1 atom stereocenters. The van der Waals surface area contributed by atoms with Crippen LogP contribution >= 0.6 is 22.7 Å². The van der Waals surface area contributed by atoms with Crippen molar-refractivity contribution in [1.82, 2.24) is 10.3 Å². The third-order valence-electron chi connectivity index (χ3n) is 3.62. The van der Waals surface area contributed by atoms with Gasteiger partial charge in [-0.25, -0.2) is 4.98 Å². The maximum atomic E-state index is 4.87. The van der Waals surface area contributed by atoms with Crippen LogP contribution in [0.5, 0.6) is 0 Å². The van der Waals surface area contributed by atoms with E-state index in [2.05, 4.69) is 34.1 Å². The molecule has 19 heavy (non-hydrogen) atoms. The number of fused-ring (bicyclic) bond motifs is 1. The third-order valence-corrected chi connectivity index (χ3v) is 5.60. The van der Waals surface area contributed by atoms with Gasteiger partial charge in [0.15, 0.2) is 5.13 Å². The summed E-state index contributed by atoms with van der Waals surface area (Å²) in [6, 6.07) is 2.63. The summed E-state index contributed by atoms with van der Waals surface area (Å²) in [6.45, 7) is 0.945. The standard InChI is InChI=1S/C14H19N3S2/c1-15-11-4-3-5-12-13(11)16-14(19-12)17(2)8-10-6-7-18-9-10/h6-7,9,11,15H,3-5,8H2,1-2H3. The fourth-order valence-corrected chi connectivity index (χ4v) is 4.36. The van der Waals surface area contributed by atoms with Crippen LogP contribution in [0.2, 0.25) is 0 Å². The molecule has 1 aliphatic carbocycles. The fourth-order valence-electron chi connectivity index (χ4n) is 2.57. The van der Waals surface area contributed by atoms with Gasteiger partial charge in [-0.15, -0.1) is 11.3 Å². The first-order valence-corrected chi connectivity index (χ1v) is 8.43. The van der Waals surface area contributed by atoms with Gasteiger partial charge in [0.2, 0.25) is 0 Å². The number of aromatic nitrogens is 1. The smallest absolute Gasteiger partial charge is 0.185 e. The van der Waals surface area contributed by atoms with Crippen molar-refractivity contribution in [3.05, 3.63) is 33.0 Å². The Kier molecular flexibility index (Phi) is 3.86. The highest BCUT2D eigenvalue weighted by Gasteiger charge is 2.24. The van der Waals surface area contributed by atoms with Crippen molar-refractivity contribution in [2.24, 2.45) is 0 Å². The van der Waals surface area contributed by atoms with Crippen LogP contribution in [0.3, 0.4) is 0 Å². The second-order valence-corrected chi connectivity index (χ2v) is 6.87. The van der Waals surface area contributed by atoms with E-state index in [4.69, 9.17) is 4.98 Å². The zero-order chi connectivity index (χ0) is 13.2. The zero-order valence-corrected chi connectivity index (χ0v) is 13.0. The van der Waals surface area contributed by atoms with Crippen LogP contribution in [-0.2, 0) is 13.0 Å². The van der Waals surface area contributed by atoms with Crippen molar-refractivity contribution in [2.75, 3.05) is 19.0 Å². The van der Waals surface area contributed by atoms with Crippen molar-refractivity contribution in [3.63, 3.8) is 0 Å². The van der Waals surface area contributed by atoms with Crippen LogP contribution in [-0.4, -0.2) is 19.1 Å². The van der Waals surface area contributed by atoms with E-state index in [9.17, 15) is 0 Å². The summed E-state index contributed by atoms with van der Waals surface area (Å²) in [5, 5.41) is 8.88. The predicted molar refractivity (Wildman–Crippen MR) is 83.3 cm³/mol. The number of nitrogens with zero attached hydrogens (tertiary/aromatic N) is 2. The molecule has 0 spiro atoms. The number of aryl methyl sites for hydroxylation is 1. The minimum absolute atomic E-state index is 0.447. The van der Waals surface area contributed by atoms with Gasteiger partial charge in [0.25, 0.3) is 0 Å². The lowest BCUT2D eigenvalue weighted by Gasteiger charge is -2.19. The molecule has 1 aliphatic rings. The van der Waals surface area contributed by atoms with Gasteiger partial charge in [0.1, 0.15) is 0 Å². The van der Waals surface area contributed by atoms with E-state index < -0.39 is 0 Å². The molecule has 5 heteroatoms. The Morgan fingerprint density at radius 3 is 3.16 bits per heavy atom. The average molecular weight is 293 g/mol. The highest BCUT2D eigenvalue weighted by molar-refractivity contribution is 7.15. The molecule has 102 valence electrons. The van der Waals surface area contributed by atoms with E-state index in [0.717, 1.165) is 11.7 Å². The normalized spacial score (nSPS) is 18.3. The molecule has 3 rings (SSSR count). The van der Waals surface area contributed by atoms with Gasteiger partial charge >= 0.3 is 0 Å². The second kappa shape index (κ2) is 5.61. The summed E-state index contributed by atoms with van der Waals surface area (Å²) >= 11 is 3.62. The first kappa shape index (κ1) is 13.1. The fraction of sp³-hybridized carbons (Fsp3) is 0.500. The van der Waals surface area contributed by atoms with E-state index in [1.807, 2.05) is 18.4 Å². The van der Waals surface area contributed by atoms with Gasteiger partial charge in [0.05, 0.1) is 11.7 Å². The average Bonchev–Trinajstić information content (AvgIpc) is 3.06. The minimum Gasteiger partial charge on any atom is -0.347 e. The first-order chi connectivity index (χ1) is 9.28. The van der Waals surface area contributed by atoms with Crippen molar-refractivity contribution in [2.45, 2.75) is 31.8 Å². The van der Waals surface area contributed by atoms with Crippen molar-refractivity contribution in [1.29, 1.82) is 0 Å². The van der Waals surface area contributed by atoms with Gasteiger partial charge in [0, 0.05) is 18.5 Å². The molecule has 0 saturated carbocycles. The topological polar surface area (TPSA) is 28.2 Å². The Labute approximate surface area is 122 Å². The Morgan fingerprint density at radius 1 is 1.53 bits per heavy atom. The quantitative estimate of drug-likeness (QED) is 0.936. The van der Waals surface area contributed by atoms with Crippen molar-refractivity contribution < 1.29 is 0 Å². The van der Waals surface area contributed by atoms with Crippen LogP contribution in [0.4, 0.5) is 5.13 Å². The summed E-state index contributed by atoms with van der Waals surface area (Å²) < 4.78 is 0. The Hall–Kier alpha value is -0.910. The number of rotatable bonds is 4. The Bertz CT molecular complexity index is 533. The van der Waals surface area contributed by atoms with E-state index in [0.29, 0.717) is 6.04 Å². The summed E-state index contributed by atoms with van der Waals surface area (Å²) in [7, 11) is 4.17. The van der Waals surface area contributed by atoms with Crippen LogP contribution in [0, 0.1) is 0 Å². The number of hydrogen-bond donors (Lipinski definition) is 1. The van der Waals surface area contributed by atoms with Crippen LogP contribution in [0.25, 0.3) is 0 Å². The maximum absolute atomic E-state index is 4.87. The minimum atomic E-state index is 0.447. The highest BCUT2D eigenvalue weighted by atomic mass is 32.1. The van der Waals surface area contributed by atoms with Crippen molar-refractivity contribution in [3.8, 4) is 0 Å². The van der Waals surface area contributed by atoms with Crippen molar-refractivity contribution >= 4 is 27.8 Å². The molecule has 0 saturated heterocycles. The van der Waals surface area contributed by atoms with E-state index in [1.165, 1.54) is 35.4 Å². The first-order valence-electron chi connectivity index (χ1n) is 6.67. The zero-order valence-electron chi connectivity index (χ0n) is 11.3. The molecule has 0 radical (unpaired) electrons. The molecule has 0 aliphatic heterocycles. The molecule has 1 N–H and O–H groups in total. The molecule has 0 aromatic carbocycles. The summed E-state index contributed by atoms with van der Waals surface area (Å²) in [5.41, 5.74) is 2.65. The lowest BCUT2D eigenvalue weighted by molar-refractivity contribution is 0.490. The number of hydrogen-bond acceptors (Lipinski definition) is 5. The predicted octanol–water partition coefficient (Wildman–Crippen LogP) is 3.44. The van der Waals surface area contributed by atoms with E-state index in [-0.39, 0.29) is 0 Å². The van der Waals surface area contributed by atoms with E-state index in [1.54, 1.807) is 11.3 Å². The molecule has 1 unspecified atom stereocenters. The summed E-state index contributed by atoms with van der Waals surface area (Å²) in [5.74, 6) is 0. The molecule has 3 nitrogen and oxygen atoms in total. The molecule has 0 amide bonds. The number of thiazole rings is 1. The molecular weight excluding hydrogens is 274 g/mol. The van der Waals surface area contributed by atoms with Crippen LogP contribution < -0.4 is 10.2 Å². The Morgan fingerprint density at radius 2 is 2.42 bits per heavy atom. The summed E-state index contributed by atoms with van der Waals surface area (Å²) in [6.07, 6.45) is 3.67. The van der Waals surface area contributed by atoms with Gasteiger partial charge in [-0.3, -0.25) is 0 Å². The largest absolute Gasteiger partial charge is 0.347 e. The summed E-state index contributed by atoms with van der Waals surface area (Å²) in [4.78, 5) is 8.60. The van der Waals surface area contributed by atoms with Gasteiger partial charge in [-0.1, -0.05) is 0 Å². The maximum Gasteiger partial charge on any atom is 0.185 e. The molecule has 2 aromatic heterocycles. The van der Waals surface area contributed by atoms with Crippen LogP contribution in [0.1, 0.15) is 35.0 Å². The van der Waals surface area contributed by atoms with Gasteiger partial charge in [-0.2, -0.15) is 11.3 Å². The number of nitrogens with one attached hydrogen (secondary N) is 1.